The molecule has 1 atom stereocenters. The third kappa shape index (κ3) is 4.31. The van der Waals surface area contributed by atoms with Gasteiger partial charge in [0.05, 0.1) is 24.8 Å². The fraction of sp³-hybridized carbons (Fsp3) is 0.250. The summed E-state index contributed by atoms with van der Waals surface area (Å²) in [5.41, 5.74) is 1.01. The van der Waals surface area contributed by atoms with Crippen LogP contribution in [0.3, 0.4) is 0 Å². The smallest absolute Gasteiger partial charge is 0.301 e. The van der Waals surface area contributed by atoms with Crippen molar-refractivity contribution in [1.29, 1.82) is 0 Å². The molecule has 0 aliphatic carbocycles. The minimum Gasteiger partial charge on any atom is -0.507 e. The quantitative estimate of drug-likeness (QED) is 0.329. The minimum atomic E-state index is -0.866. The highest BCUT2D eigenvalue weighted by molar-refractivity contribution is 7.15. The third-order valence-corrected chi connectivity index (χ3v) is 5.93. The van der Waals surface area contributed by atoms with E-state index in [1.54, 1.807) is 62.6 Å². The van der Waals surface area contributed by atoms with Crippen molar-refractivity contribution in [3.63, 3.8) is 0 Å². The fourth-order valence-corrected chi connectivity index (χ4v) is 4.35. The van der Waals surface area contributed by atoms with Gasteiger partial charge in [-0.15, -0.1) is 10.2 Å². The Morgan fingerprint density at radius 1 is 1.03 bits per heavy atom. The van der Waals surface area contributed by atoms with Crippen molar-refractivity contribution in [3.05, 3.63) is 70.2 Å². The van der Waals surface area contributed by atoms with Crippen LogP contribution in [0.5, 0.6) is 11.5 Å². The second-order valence-corrected chi connectivity index (χ2v) is 8.90. The number of hydrogen-bond acceptors (Lipinski definition) is 8. The summed E-state index contributed by atoms with van der Waals surface area (Å²) in [6.07, 6.45) is 0.000190. The Morgan fingerprint density at radius 3 is 2.21 bits per heavy atom. The number of benzene rings is 2. The normalized spacial score (nSPS) is 17.6. The summed E-state index contributed by atoms with van der Waals surface area (Å²) in [5.74, 6) is -0.563. The summed E-state index contributed by atoms with van der Waals surface area (Å²) in [6, 6.07) is 12.8. The lowest BCUT2D eigenvalue weighted by atomic mass is 9.95. The molecule has 1 aliphatic rings. The van der Waals surface area contributed by atoms with Crippen LogP contribution in [0.4, 0.5) is 5.13 Å². The lowest BCUT2D eigenvalue weighted by Gasteiger charge is -2.22. The molecule has 170 valence electrons. The molecule has 2 aromatic carbocycles. The highest BCUT2D eigenvalue weighted by Crippen LogP contribution is 2.43. The lowest BCUT2D eigenvalue weighted by molar-refractivity contribution is -0.132. The van der Waals surface area contributed by atoms with E-state index in [0.29, 0.717) is 27.6 Å². The van der Waals surface area contributed by atoms with E-state index in [-0.39, 0.29) is 22.6 Å². The SMILES string of the molecule is COc1ccc([C@@H]2/C(=C(\O)c3ccc(OC(C)C)cc3)C(=O)C(=O)N2c2nnc(C)s2)cc1. The summed E-state index contributed by atoms with van der Waals surface area (Å²) in [7, 11) is 1.55. The van der Waals surface area contributed by atoms with Crippen LogP contribution in [0.1, 0.15) is 36.0 Å². The second-order valence-electron chi connectivity index (χ2n) is 7.74. The van der Waals surface area contributed by atoms with Gasteiger partial charge in [0.15, 0.2) is 0 Å². The Bertz CT molecular complexity index is 1220. The first kappa shape index (κ1) is 22.5. The van der Waals surface area contributed by atoms with Crippen LogP contribution in [0.25, 0.3) is 5.76 Å². The van der Waals surface area contributed by atoms with E-state index in [2.05, 4.69) is 10.2 Å². The van der Waals surface area contributed by atoms with Crippen molar-refractivity contribution >= 4 is 33.9 Å². The van der Waals surface area contributed by atoms with Gasteiger partial charge in [-0.3, -0.25) is 14.5 Å². The Kier molecular flexibility index (Phi) is 6.15. The van der Waals surface area contributed by atoms with E-state index in [0.717, 1.165) is 0 Å². The number of aromatic nitrogens is 2. The summed E-state index contributed by atoms with van der Waals surface area (Å²) in [4.78, 5) is 27.5. The number of hydrogen-bond donors (Lipinski definition) is 1. The molecule has 0 unspecified atom stereocenters. The van der Waals surface area contributed by atoms with Crippen LogP contribution in [-0.4, -0.2) is 40.2 Å². The highest BCUT2D eigenvalue weighted by Gasteiger charge is 2.48. The number of carbonyl (C=O) groups is 2. The first-order chi connectivity index (χ1) is 15.8. The minimum absolute atomic E-state index is 0.000190. The molecule has 33 heavy (non-hydrogen) atoms. The van der Waals surface area contributed by atoms with Crippen molar-refractivity contribution in [1.82, 2.24) is 10.2 Å². The van der Waals surface area contributed by atoms with E-state index in [1.807, 2.05) is 13.8 Å². The van der Waals surface area contributed by atoms with E-state index in [1.165, 1.54) is 16.2 Å². The molecule has 1 fully saturated rings. The number of nitrogens with zero attached hydrogens (tertiary/aromatic N) is 3. The van der Waals surface area contributed by atoms with Gasteiger partial charge in [-0.05, 0) is 62.7 Å². The molecule has 1 saturated heterocycles. The maximum Gasteiger partial charge on any atom is 0.301 e. The fourth-order valence-electron chi connectivity index (χ4n) is 3.63. The van der Waals surface area contributed by atoms with E-state index in [9.17, 15) is 14.7 Å². The maximum atomic E-state index is 13.1. The number of rotatable bonds is 6. The molecule has 0 radical (unpaired) electrons. The van der Waals surface area contributed by atoms with Gasteiger partial charge >= 0.3 is 5.91 Å². The predicted octanol–water partition coefficient (Wildman–Crippen LogP) is 4.27. The summed E-state index contributed by atoms with van der Waals surface area (Å²) < 4.78 is 10.9. The van der Waals surface area contributed by atoms with Crippen LogP contribution in [0, 0.1) is 6.92 Å². The van der Waals surface area contributed by atoms with Gasteiger partial charge < -0.3 is 14.6 Å². The van der Waals surface area contributed by atoms with Gasteiger partial charge in [0, 0.05) is 5.56 Å². The second kappa shape index (κ2) is 9.03. The Balaban J connectivity index is 1.84. The Hall–Kier alpha value is -3.72. The molecule has 0 bridgehead atoms. The molecule has 1 aromatic heterocycles. The number of anilines is 1. The number of aliphatic hydroxyl groups is 1. The van der Waals surface area contributed by atoms with Gasteiger partial charge in [0.1, 0.15) is 22.3 Å². The Labute approximate surface area is 195 Å². The number of aliphatic hydroxyl groups excluding tert-OH is 1. The molecule has 0 spiro atoms. The molecular weight excluding hydrogens is 442 g/mol. The summed E-state index contributed by atoms with van der Waals surface area (Å²) in [5, 5.41) is 20.2. The topological polar surface area (TPSA) is 102 Å². The van der Waals surface area contributed by atoms with Crippen molar-refractivity contribution in [3.8, 4) is 11.5 Å². The number of carbonyl (C=O) groups excluding carboxylic acids is 2. The van der Waals surface area contributed by atoms with Gasteiger partial charge in [-0.25, -0.2) is 0 Å². The number of Topliss-reactive ketones (excluding diaryl/α,β-unsaturated/α-hetero) is 1. The molecule has 4 rings (SSSR count). The number of amides is 1. The van der Waals surface area contributed by atoms with Crippen molar-refractivity contribution in [2.24, 2.45) is 0 Å². The zero-order valence-corrected chi connectivity index (χ0v) is 19.4. The summed E-state index contributed by atoms with van der Waals surface area (Å²) >= 11 is 1.20. The number of aryl methyl sites for hydroxylation is 1. The monoisotopic (exact) mass is 465 g/mol. The van der Waals surface area contributed by atoms with Crippen LogP contribution in [0.15, 0.2) is 54.1 Å². The zero-order chi connectivity index (χ0) is 23.7. The number of ketones is 1. The first-order valence-corrected chi connectivity index (χ1v) is 11.1. The maximum absolute atomic E-state index is 13.1. The zero-order valence-electron chi connectivity index (χ0n) is 18.6. The third-order valence-electron chi connectivity index (χ3n) is 5.10. The Morgan fingerprint density at radius 2 is 1.67 bits per heavy atom. The van der Waals surface area contributed by atoms with Crippen molar-refractivity contribution in [2.45, 2.75) is 32.9 Å². The molecule has 3 aromatic rings. The van der Waals surface area contributed by atoms with Crippen LogP contribution < -0.4 is 14.4 Å². The number of ether oxygens (including phenoxy) is 2. The van der Waals surface area contributed by atoms with E-state index < -0.39 is 17.7 Å². The summed E-state index contributed by atoms with van der Waals surface area (Å²) in [6.45, 7) is 5.60. The van der Waals surface area contributed by atoms with Gasteiger partial charge in [-0.1, -0.05) is 23.5 Å². The molecule has 8 nitrogen and oxygen atoms in total. The van der Waals surface area contributed by atoms with Crippen LogP contribution in [-0.2, 0) is 9.59 Å². The average molecular weight is 466 g/mol. The molecular formula is C24H23N3O5S. The van der Waals surface area contributed by atoms with Crippen LogP contribution in [0.2, 0.25) is 0 Å². The molecule has 1 amide bonds. The van der Waals surface area contributed by atoms with Gasteiger partial charge in [0.2, 0.25) is 5.13 Å². The highest BCUT2D eigenvalue weighted by atomic mass is 32.1. The van der Waals surface area contributed by atoms with E-state index in [4.69, 9.17) is 9.47 Å². The molecule has 0 saturated carbocycles. The first-order valence-electron chi connectivity index (χ1n) is 10.3. The van der Waals surface area contributed by atoms with Crippen molar-refractivity contribution in [2.75, 3.05) is 12.0 Å². The average Bonchev–Trinajstić information content (AvgIpc) is 3.34. The lowest BCUT2D eigenvalue weighted by Crippen LogP contribution is -2.29. The molecule has 2 heterocycles. The van der Waals surface area contributed by atoms with E-state index >= 15 is 0 Å². The predicted molar refractivity (Wildman–Crippen MR) is 125 cm³/mol. The largest absolute Gasteiger partial charge is 0.507 e. The molecule has 9 heteroatoms. The van der Waals surface area contributed by atoms with Gasteiger partial charge in [-0.2, -0.15) is 0 Å². The van der Waals surface area contributed by atoms with Crippen molar-refractivity contribution < 1.29 is 24.2 Å². The van der Waals surface area contributed by atoms with Gasteiger partial charge in [0.25, 0.3) is 5.78 Å². The number of methoxy groups -OCH3 is 1. The standard InChI is InChI=1S/C24H23N3O5S/c1-13(2)32-18-11-7-16(8-12-18)21(28)19-20(15-5-9-17(31-4)10-6-15)27(23(30)22(19)29)24-26-25-14(3)33-24/h5-13,20,28H,1-4H3/b21-19+/t20-/m1/s1. The molecule has 1 aliphatic heterocycles. The van der Waals surface area contributed by atoms with Crippen LogP contribution >= 0.6 is 11.3 Å². The molecule has 1 N–H and O–H groups in total.